The number of aromatic nitrogens is 4. The lowest BCUT2D eigenvalue weighted by Crippen LogP contribution is -2.04. The van der Waals surface area contributed by atoms with E-state index in [-0.39, 0.29) is 0 Å². The Bertz CT molecular complexity index is 3140. The summed E-state index contributed by atoms with van der Waals surface area (Å²) in [5.74, 6) is 0.658. The van der Waals surface area contributed by atoms with Gasteiger partial charge in [0.2, 0.25) is 5.95 Å². The van der Waals surface area contributed by atoms with Gasteiger partial charge in [-0.25, -0.2) is 9.97 Å². The molecule has 0 saturated carbocycles. The minimum absolute atomic E-state index is 0.658. The Kier molecular flexibility index (Phi) is 5.63. The number of hydrogen-bond donors (Lipinski definition) is 0. The molecule has 11 rings (SSSR count). The Hall–Kier alpha value is -6.78. The van der Waals surface area contributed by atoms with Crippen molar-refractivity contribution in [2.24, 2.45) is 0 Å². The van der Waals surface area contributed by atoms with Gasteiger partial charge in [0.05, 0.1) is 39.0 Å². The maximum atomic E-state index is 5.41. The van der Waals surface area contributed by atoms with Gasteiger partial charge in [-0.05, 0) is 41.1 Å². The van der Waals surface area contributed by atoms with Crippen molar-refractivity contribution in [3.8, 4) is 22.9 Å². The molecule has 11 aromatic rings. The van der Waals surface area contributed by atoms with E-state index in [2.05, 4.69) is 173 Å². The molecular formula is C46H28N4. The first-order chi connectivity index (χ1) is 24.8. The summed E-state index contributed by atoms with van der Waals surface area (Å²) in [6.45, 7) is 0. The van der Waals surface area contributed by atoms with E-state index in [1.807, 2.05) is 6.07 Å². The normalized spacial score (nSPS) is 12.0. The highest BCUT2D eigenvalue weighted by Crippen LogP contribution is 2.42. The maximum Gasteiger partial charge on any atom is 0.235 e. The van der Waals surface area contributed by atoms with Gasteiger partial charge in [0, 0.05) is 43.3 Å². The lowest BCUT2D eigenvalue weighted by atomic mass is 10.0. The predicted octanol–water partition coefficient (Wildman–Crippen LogP) is 11.8. The van der Waals surface area contributed by atoms with E-state index in [9.17, 15) is 0 Å². The summed E-state index contributed by atoms with van der Waals surface area (Å²) in [5.41, 5.74) is 8.58. The number of rotatable bonds is 3. The van der Waals surface area contributed by atoms with Crippen molar-refractivity contribution in [1.82, 2.24) is 19.1 Å². The van der Waals surface area contributed by atoms with Crippen molar-refractivity contribution in [3.05, 3.63) is 170 Å². The van der Waals surface area contributed by atoms with Gasteiger partial charge in [0.15, 0.2) is 0 Å². The molecule has 50 heavy (non-hydrogen) atoms. The van der Waals surface area contributed by atoms with Crippen molar-refractivity contribution in [2.45, 2.75) is 0 Å². The Morgan fingerprint density at radius 2 is 1.00 bits per heavy atom. The molecule has 232 valence electrons. The average Bonchev–Trinajstić information content (AvgIpc) is 3.69. The summed E-state index contributed by atoms with van der Waals surface area (Å²) < 4.78 is 4.74. The smallest absolute Gasteiger partial charge is 0.235 e. The molecule has 0 N–H and O–H groups in total. The van der Waals surface area contributed by atoms with E-state index in [1.165, 1.54) is 48.6 Å². The minimum Gasteiger partial charge on any atom is -0.309 e. The molecule has 0 spiro atoms. The number of hydrogen-bond acceptors (Lipinski definition) is 2. The SMILES string of the molecule is c1ccc(-c2nc(-n3c4cc5c(cc4c4ccc6ccccc6c43)c3ccccc3n5-c3cccc4ccccc34)nc3ccccc23)cc1. The van der Waals surface area contributed by atoms with Crippen molar-refractivity contribution in [2.75, 3.05) is 0 Å². The molecule has 8 aromatic carbocycles. The molecule has 3 heterocycles. The summed E-state index contributed by atoms with van der Waals surface area (Å²) in [5, 5.41) is 10.6. The Morgan fingerprint density at radius 1 is 0.360 bits per heavy atom. The van der Waals surface area contributed by atoms with Crippen molar-refractivity contribution >= 4 is 76.1 Å². The van der Waals surface area contributed by atoms with E-state index in [4.69, 9.17) is 9.97 Å². The molecule has 3 aromatic heterocycles. The summed E-state index contributed by atoms with van der Waals surface area (Å²) in [6, 6.07) is 60.7. The van der Waals surface area contributed by atoms with Gasteiger partial charge in [-0.2, -0.15) is 0 Å². The number of fused-ring (bicyclic) bond motifs is 10. The van der Waals surface area contributed by atoms with E-state index in [1.54, 1.807) is 0 Å². The van der Waals surface area contributed by atoms with Crippen LogP contribution in [0.25, 0.3) is 99.0 Å². The van der Waals surface area contributed by atoms with E-state index >= 15 is 0 Å². The Balaban J connectivity index is 1.34. The third kappa shape index (κ3) is 3.81. The molecule has 0 radical (unpaired) electrons. The second kappa shape index (κ2) is 10.4. The first kappa shape index (κ1) is 27.2. The summed E-state index contributed by atoms with van der Waals surface area (Å²) >= 11 is 0. The van der Waals surface area contributed by atoms with Crippen LogP contribution in [0.2, 0.25) is 0 Å². The molecule has 0 atom stereocenters. The van der Waals surface area contributed by atoms with Gasteiger partial charge in [-0.3, -0.25) is 4.57 Å². The molecule has 0 aliphatic heterocycles. The second-order valence-corrected chi connectivity index (χ2v) is 13.0. The lowest BCUT2D eigenvalue weighted by Gasteiger charge is -2.13. The maximum absolute atomic E-state index is 5.41. The molecule has 0 saturated heterocycles. The van der Waals surface area contributed by atoms with Crippen LogP contribution >= 0.6 is 0 Å². The lowest BCUT2D eigenvalue weighted by molar-refractivity contribution is 1.02. The predicted molar refractivity (Wildman–Crippen MR) is 209 cm³/mol. The van der Waals surface area contributed by atoms with Crippen molar-refractivity contribution in [1.29, 1.82) is 0 Å². The zero-order valence-electron chi connectivity index (χ0n) is 27.0. The zero-order valence-corrected chi connectivity index (χ0v) is 27.0. The third-order valence-electron chi connectivity index (χ3n) is 10.3. The summed E-state index contributed by atoms with van der Waals surface area (Å²) in [7, 11) is 0. The van der Waals surface area contributed by atoms with Crippen LogP contribution in [-0.2, 0) is 0 Å². The minimum atomic E-state index is 0.658. The van der Waals surface area contributed by atoms with Crippen LogP contribution < -0.4 is 0 Å². The van der Waals surface area contributed by atoms with Gasteiger partial charge in [-0.1, -0.05) is 140 Å². The fourth-order valence-corrected chi connectivity index (χ4v) is 8.09. The van der Waals surface area contributed by atoms with Crippen LogP contribution in [-0.4, -0.2) is 19.1 Å². The quantitative estimate of drug-likeness (QED) is 0.193. The number of para-hydroxylation sites is 2. The second-order valence-electron chi connectivity index (χ2n) is 13.0. The molecule has 0 unspecified atom stereocenters. The van der Waals surface area contributed by atoms with E-state index in [0.29, 0.717) is 5.95 Å². The fourth-order valence-electron chi connectivity index (χ4n) is 8.09. The van der Waals surface area contributed by atoms with Crippen LogP contribution in [0.1, 0.15) is 0 Å². The van der Waals surface area contributed by atoms with Gasteiger partial charge in [-0.15, -0.1) is 0 Å². The van der Waals surface area contributed by atoms with Crippen LogP contribution in [0.15, 0.2) is 170 Å². The van der Waals surface area contributed by atoms with Crippen molar-refractivity contribution < 1.29 is 0 Å². The molecule has 0 aliphatic rings. The summed E-state index contributed by atoms with van der Waals surface area (Å²) in [6.07, 6.45) is 0. The van der Waals surface area contributed by atoms with Crippen LogP contribution in [0.5, 0.6) is 0 Å². The van der Waals surface area contributed by atoms with Gasteiger partial charge < -0.3 is 4.57 Å². The van der Waals surface area contributed by atoms with E-state index < -0.39 is 0 Å². The highest BCUT2D eigenvalue weighted by molar-refractivity contribution is 6.23. The average molecular weight is 637 g/mol. The monoisotopic (exact) mass is 636 g/mol. The van der Waals surface area contributed by atoms with Gasteiger partial charge in [0.1, 0.15) is 0 Å². The van der Waals surface area contributed by atoms with Gasteiger partial charge in [0.25, 0.3) is 0 Å². The molecule has 0 aliphatic carbocycles. The molecular weight excluding hydrogens is 609 g/mol. The highest BCUT2D eigenvalue weighted by Gasteiger charge is 2.22. The van der Waals surface area contributed by atoms with Crippen LogP contribution in [0.3, 0.4) is 0 Å². The Labute approximate surface area is 287 Å². The standard InChI is InChI=1S/C46H28N4/c1-2-15-31(16-3-1)44-36-21-8-10-22-39(36)47-46(48-44)50-43-28-42-37(27-38(43)35-26-25-30-14-5-7-19-33(30)45(35)50)34-20-9-11-23-41(34)49(42)40-24-12-17-29-13-4-6-18-32(29)40/h1-28H. The first-order valence-electron chi connectivity index (χ1n) is 17.0. The van der Waals surface area contributed by atoms with Gasteiger partial charge >= 0.3 is 0 Å². The molecule has 4 heteroatoms. The third-order valence-corrected chi connectivity index (χ3v) is 10.3. The zero-order chi connectivity index (χ0) is 32.8. The largest absolute Gasteiger partial charge is 0.309 e. The summed E-state index contributed by atoms with van der Waals surface area (Å²) in [4.78, 5) is 10.7. The number of benzene rings is 8. The highest BCUT2D eigenvalue weighted by atomic mass is 15.2. The van der Waals surface area contributed by atoms with Crippen molar-refractivity contribution in [3.63, 3.8) is 0 Å². The molecule has 0 amide bonds. The molecule has 0 bridgehead atoms. The Morgan fingerprint density at radius 3 is 1.86 bits per heavy atom. The number of nitrogens with zero attached hydrogens (tertiary/aromatic N) is 4. The fraction of sp³-hybridized carbons (Fsp3) is 0. The first-order valence-corrected chi connectivity index (χ1v) is 17.0. The van der Waals surface area contributed by atoms with Crippen LogP contribution in [0.4, 0.5) is 0 Å². The van der Waals surface area contributed by atoms with E-state index in [0.717, 1.165) is 44.4 Å². The molecule has 0 fully saturated rings. The molecule has 4 nitrogen and oxygen atoms in total. The topological polar surface area (TPSA) is 35.6 Å². The van der Waals surface area contributed by atoms with Crippen LogP contribution in [0, 0.1) is 0 Å².